The average Bonchev–Trinajstić information content (AvgIpc) is 2.27. The molecule has 0 amide bonds. The third-order valence-electron chi connectivity index (χ3n) is 1.46. The van der Waals surface area contributed by atoms with Crippen LogP contribution in [0.3, 0.4) is 0 Å². The molecule has 0 aromatic rings. The first kappa shape index (κ1) is 14.4. The first-order valence-electron chi connectivity index (χ1n) is 4.38. The van der Waals surface area contributed by atoms with Crippen LogP contribution in [0.5, 0.6) is 0 Å². The summed E-state index contributed by atoms with van der Waals surface area (Å²) in [5.74, 6) is 0. The molecule has 4 N–H and O–H groups in total. The molecule has 0 unspecified atom stereocenters. The predicted octanol–water partition coefficient (Wildman–Crippen LogP) is 2.21. The minimum atomic E-state index is 0.364. The number of halogens is 2. The molecule has 0 aromatic heterocycles. The highest BCUT2D eigenvalue weighted by Gasteiger charge is 1.98. The fraction of sp³-hybridized carbons (Fsp3) is 0.333. The van der Waals surface area contributed by atoms with Gasteiger partial charge in [0.05, 0.1) is 8.74 Å². The van der Waals surface area contributed by atoms with Gasteiger partial charge in [-0.1, -0.05) is 11.6 Å². The van der Waals surface area contributed by atoms with Gasteiger partial charge in [-0.05, 0) is 29.5 Å². The molecular weight excluding hydrogens is 326 g/mol. The molecule has 0 atom stereocenters. The van der Waals surface area contributed by atoms with Crippen LogP contribution in [0.15, 0.2) is 20.5 Å². The van der Waals surface area contributed by atoms with Crippen molar-refractivity contribution < 1.29 is 0 Å². The monoisotopic (exact) mass is 340 g/mol. The lowest BCUT2D eigenvalue weighted by atomic mass is 10.3. The van der Waals surface area contributed by atoms with Crippen LogP contribution < -0.4 is 10.6 Å². The molecule has 0 aliphatic carbocycles. The zero-order valence-corrected chi connectivity index (χ0v) is 11.3. The quantitative estimate of drug-likeness (QED) is 0.326. The van der Waals surface area contributed by atoms with Gasteiger partial charge in [0.2, 0.25) is 0 Å². The van der Waals surface area contributed by atoms with Crippen LogP contribution >= 0.6 is 34.2 Å². The summed E-state index contributed by atoms with van der Waals surface area (Å²) in [5, 5.41) is 20.5. The van der Waals surface area contributed by atoms with E-state index in [1.807, 2.05) is 29.5 Å². The minimum absolute atomic E-state index is 0.364. The van der Waals surface area contributed by atoms with Gasteiger partial charge in [-0.15, -0.1) is 0 Å². The number of allylic oxidation sites excluding steroid dienone is 1. The topological polar surface area (TPSA) is 71.8 Å². The molecule has 0 bridgehead atoms. The first-order valence-corrected chi connectivity index (χ1v) is 5.83. The van der Waals surface area contributed by atoms with Gasteiger partial charge in [0.1, 0.15) is 0 Å². The molecule has 0 spiro atoms. The van der Waals surface area contributed by atoms with Crippen molar-refractivity contribution in [2.45, 2.75) is 6.92 Å². The van der Waals surface area contributed by atoms with Crippen molar-refractivity contribution in [2.75, 3.05) is 13.1 Å². The zero-order chi connectivity index (χ0) is 11.7. The first-order chi connectivity index (χ1) is 7.15. The summed E-state index contributed by atoms with van der Waals surface area (Å²) in [6.45, 7) is 3.32. The highest BCUT2D eigenvalue weighted by molar-refractivity contribution is 14.1. The van der Waals surface area contributed by atoms with E-state index in [1.54, 1.807) is 6.20 Å². The van der Waals surface area contributed by atoms with E-state index in [4.69, 9.17) is 22.4 Å². The predicted molar refractivity (Wildman–Crippen MR) is 74.2 cm³/mol. The Balaban J connectivity index is 4.23. The summed E-state index contributed by atoms with van der Waals surface area (Å²) >= 11 is 7.74. The number of hydrogen-bond acceptors (Lipinski definition) is 4. The second kappa shape index (κ2) is 8.72. The molecule has 0 aliphatic heterocycles. The molecule has 0 saturated heterocycles. The van der Waals surface area contributed by atoms with E-state index in [0.29, 0.717) is 15.3 Å². The number of hydrogen-bond donors (Lipinski definition) is 4. The Hall–Kier alpha value is -0.560. The number of rotatable bonds is 7. The van der Waals surface area contributed by atoms with Crippen LogP contribution in [0.1, 0.15) is 6.92 Å². The van der Waals surface area contributed by atoms with E-state index in [-0.39, 0.29) is 0 Å². The summed E-state index contributed by atoms with van der Waals surface area (Å²) in [6.07, 6.45) is 4.13. The smallest absolute Gasteiger partial charge is 0.0939 e. The van der Waals surface area contributed by atoms with E-state index >= 15 is 0 Å². The normalized spacial score (nSPS) is 12.9. The molecule has 4 nitrogen and oxygen atoms in total. The van der Waals surface area contributed by atoms with Crippen LogP contribution in [0, 0.1) is 10.8 Å². The van der Waals surface area contributed by atoms with Gasteiger partial charge in [-0.2, -0.15) is 0 Å². The van der Waals surface area contributed by atoms with Crippen LogP contribution in [0.25, 0.3) is 0 Å². The minimum Gasteiger partial charge on any atom is -0.391 e. The molecule has 0 saturated carbocycles. The molecule has 0 radical (unpaired) electrons. The van der Waals surface area contributed by atoms with Crippen LogP contribution in [0.2, 0.25) is 0 Å². The van der Waals surface area contributed by atoms with Crippen molar-refractivity contribution in [3.8, 4) is 0 Å². The molecule has 0 fully saturated rings. The van der Waals surface area contributed by atoms with Gasteiger partial charge in [-0.3, -0.25) is 0 Å². The number of nitrogens with one attached hydrogen (secondary N) is 4. The fourth-order valence-corrected chi connectivity index (χ4v) is 1.12. The standard InChI is InChI=1S/C9H14ClIN4/c1-2-14-5-7(3-12)6-15-9(11)8(10)4-13/h3-5,12-15H,2,6H2,1H3/b7-5+,9-8+,12-3?,13-4?. The Morgan fingerprint density at radius 3 is 2.53 bits per heavy atom. The van der Waals surface area contributed by atoms with Crippen molar-refractivity contribution in [3.63, 3.8) is 0 Å². The van der Waals surface area contributed by atoms with Gasteiger partial charge >= 0.3 is 0 Å². The SMILES string of the molecule is CCN/C=C(\C=N)CN/C(I)=C(/Cl)C=N. The third kappa shape index (κ3) is 6.51. The largest absolute Gasteiger partial charge is 0.391 e. The van der Waals surface area contributed by atoms with Crippen LogP contribution in [0.4, 0.5) is 0 Å². The maximum atomic E-state index is 7.17. The van der Waals surface area contributed by atoms with E-state index in [0.717, 1.165) is 18.3 Å². The molecule has 15 heavy (non-hydrogen) atoms. The molecule has 84 valence electrons. The van der Waals surface area contributed by atoms with E-state index in [1.165, 1.54) is 6.21 Å². The molecule has 0 aliphatic rings. The lowest BCUT2D eigenvalue weighted by molar-refractivity contribution is 0.888. The second-order valence-corrected chi connectivity index (χ2v) is 4.07. The highest BCUT2D eigenvalue weighted by Crippen LogP contribution is 2.11. The lowest BCUT2D eigenvalue weighted by Gasteiger charge is -2.06. The summed E-state index contributed by atoms with van der Waals surface area (Å²) in [4.78, 5) is 0. The van der Waals surface area contributed by atoms with Gasteiger partial charge in [0.15, 0.2) is 0 Å². The van der Waals surface area contributed by atoms with Crippen molar-refractivity contribution in [1.29, 1.82) is 10.8 Å². The van der Waals surface area contributed by atoms with Crippen molar-refractivity contribution >= 4 is 46.6 Å². The Morgan fingerprint density at radius 2 is 2.07 bits per heavy atom. The van der Waals surface area contributed by atoms with Crippen LogP contribution in [-0.2, 0) is 0 Å². The molecule has 0 heterocycles. The Morgan fingerprint density at radius 1 is 1.40 bits per heavy atom. The summed E-state index contributed by atoms with van der Waals surface area (Å²) in [7, 11) is 0. The lowest BCUT2D eigenvalue weighted by Crippen LogP contribution is -2.17. The maximum absolute atomic E-state index is 7.17. The van der Waals surface area contributed by atoms with Crippen molar-refractivity contribution in [3.05, 3.63) is 20.5 Å². The Bertz CT molecular complexity index is 286. The van der Waals surface area contributed by atoms with E-state index < -0.39 is 0 Å². The summed E-state index contributed by atoms with van der Waals surface area (Å²) < 4.78 is 0.702. The third-order valence-corrected chi connectivity index (χ3v) is 3.04. The molecule has 0 aromatic carbocycles. The Labute approximate surface area is 108 Å². The van der Waals surface area contributed by atoms with Crippen molar-refractivity contribution in [1.82, 2.24) is 10.6 Å². The summed E-state index contributed by atoms with van der Waals surface area (Å²) in [5.41, 5.74) is 0.820. The van der Waals surface area contributed by atoms with E-state index in [9.17, 15) is 0 Å². The molecule has 0 rings (SSSR count). The highest BCUT2D eigenvalue weighted by atomic mass is 127. The van der Waals surface area contributed by atoms with Gasteiger partial charge in [0, 0.05) is 37.3 Å². The average molecular weight is 341 g/mol. The zero-order valence-electron chi connectivity index (χ0n) is 8.40. The second-order valence-electron chi connectivity index (χ2n) is 2.58. The van der Waals surface area contributed by atoms with Crippen LogP contribution in [-0.4, -0.2) is 25.5 Å². The van der Waals surface area contributed by atoms with E-state index in [2.05, 4.69) is 10.6 Å². The molecule has 6 heteroatoms. The summed E-state index contributed by atoms with van der Waals surface area (Å²) in [6, 6.07) is 0. The fourth-order valence-electron chi connectivity index (χ4n) is 0.704. The van der Waals surface area contributed by atoms with Gasteiger partial charge in [0.25, 0.3) is 0 Å². The van der Waals surface area contributed by atoms with Gasteiger partial charge in [-0.25, -0.2) is 0 Å². The Kier molecular flexibility index (Phi) is 8.40. The van der Waals surface area contributed by atoms with Gasteiger partial charge < -0.3 is 21.5 Å². The molecular formula is C9H14ClIN4. The van der Waals surface area contributed by atoms with Crippen molar-refractivity contribution in [2.24, 2.45) is 0 Å². The maximum Gasteiger partial charge on any atom is 0.0939 e.